The predicted molar refractivity (Wildman–Crippen MR) is 88.4 cm³/mol. The minimum atomic E-state index is -0.767. The summed E-state index contributed by atoms with van der Waals surface area (Å²) in [5.74, 6) is 0.697. The Hall–Kier alpha value is -0.950. The summed E-state index contributed by atoms with van der Waals surface area (Å²) >= 11 is 1.44. The summed E-state index contributed by atoms with van der Waals surface area (Å²) in [7, 11) is -0.767. The molecular formula is C14H23N3O2S2. The van der Waals surface area contributed by atoms with Gasteiger partial charge in [0.05, 0.1) is 5.69 Å². The van der Waals surface area contributed by atoms with E-state index in [0.717, 1.165) is 37.8 Å². The lowest BCUT2D eigenvalue weighted by Gasteiger charge is -2.28. The molecule has 0 aliphatic heterocycles. The zero-order valence-electron chi connectivity index (χ0n) is 12.6. The minimum absolute atomic E-state index is 0.116. The van der Waals surface area contributed by atoms with Crippen molar-refractivity contribution < 1.29 is 9.00 Å². The van der Waals surface area contributed by atoms with Crippen LogP contribution in [0.4, 0.5) is 9.93 Å². The molecule has 21 heavy (non-hydrogen) atoms. The number of amides is 2. The number of urea groups is 1. The Bertz CT molecular complexity index is 504. The molecule has 1 aliphatic carbocycles. The smallest absolute Gasteiger partial charge is 0.321 e. The van der Waals surface area contributed by atoms with E-state index in [4.69, 9.17) is 0 Å². The summed E-state index contributed by atoms with van der Waals surface area (Å²) < 4.78 is 11.9. The molecule has 0 radical (unpaired) electrons. The average molecular weight is 329 g/mol. The van der Waals surface area contributed by atoms with Gasteiger partial charge in [0.1, 0.15) is 0 Å². The van der Waals surface area contributed by atoms with Crippen molar-refractivity contribution in [3.63, 3.8) is 0 Å². The molecule has 0 spiro atoms. The molecule has 5 nitrogen and oxygen atoms in total. The van der Waals surface area contributed by atoms with Crippen molar-refractivity contribution in [3.8, 4) is 0 Å². The standard InChI is InChI=1S/C14H23N3O2S2/c1-3-10-9-20-14(16-10)17-13(18)15-11-6-5-7-12(8-11)21(19)4-2/h9,11-12H,3-8H2,1-2H3,(H2,15,16,17,18). The van der Waals surface area contributed by atoms with Crippen LogP contribution in [0.2, 0.25) is 0 Å². The van der Waals surface area contributed by atoms with E-state index in [1.807, 2.05) is 19.2 Å². The number of aryl methyl sites for hydroxylation is 1. The zero-order valence-corrected chi connectivity index (χ0v) is 14.2. The number of hydrogen-bond acceptors (Lipinski definition) is 4. The first kappa shape index (κ1) is 16.4. The highest BCUT2D eigenvalue weighted by molar-refractivity contribution is 7.85. The summed E-state index contributed by atoms with van der Waals surface area (Å²) in [6.07, 6.45) is 4.67. The fourth-order valence-corrected chi connectivity index (χ4v) is 4.73. The van der Waals surface area contributed by atoms with E-state index < -0.39 is 10.8 Å². The largest absolute Gasteiger partial charge is 0.335 e. The van der Waals surface area contributed by atoms with E-state index in [1.54, 1.807) is 0 Å². The molecule has 1 saturated carbocycles. The molecule has 0 saturated heterocycles. The number of nitrogens with one attached hydrogen (secondary N) is 2. The second-order valence-electron chi connectivity index (χ2n) is 5.25. The van der Waals surface area contributed by atoms with Crippen LogP contribution in [0.3, 0.4) is 0 Å². The van der Waals surface area contributed by atoms with Gasteiger partial charge in [-0.2, -0.15) is 0 Å². The topological polar surface area (TPSA) is 71.1 Å². The molecule has 1 fully saturated rings. The predicted octanol–water partition coefficient (Wildman–Crippen LogP) is 2.91. The number of carbonyl (C=O) groups is 1. The number of nitrogens with zero attached hydrogens (tertiary/aromatic N) is 1. The molecule has 2 rings (SSSR count). The first-order valence-electron chi connectivity index (χ1n) is 7.51. The monoisotopic (exact) mass is 329 g/mol. The van der Waals surface area contributed by atoms with E-state index in [2.05, 4.69) is 15.6 Å². The lowest BCUT2D eigenvalue weighted by Crippen LogP contribution is -2.42. The zero-order chi connectivity index (χ0) is 15.2. The quantitative estimate of drug-likeness (QED) is 0.872. The summed E-state index contributed by atoms with van der Waals surface area (Å²) in [6, 6.07) is -0.0928. The van der Waals surface area contributed by atoms with Gasteiger partial charge in [-0.15, -0.1) is 11.3 Å². The van der Waals surface area contributed by atoms with Crippen molar-refractivity contribution in [2.75, 3.05) is 11.1 Å². The van der Waals surface area contributed by atoms with Crippen molar-refractivity contribution in [2.45, 2.75) is 57.2 Å². The van der Waals surface area contributed by atoms with Crippen LogP contribution in [0.25, 0.3) is 0 Å². The second-order valence-corrected chi connectivity index (χ2v) is 8.11. The van der Waals surface area contributed by atoms with Gasteiger partial charge < -0.3 is 5.32 Å². The molecule has 3 atom stereocenters. The third-order valence-corrected chi connectivity index (χ3v) is 6.30. The van der Waals surface area contributed by atoms with Gasteiger partial charge in [0.15, 0.2) is 5.13 Å². The van der Waals surface area contributed by atoms with Crippen LogP contribution in [-0.2, 0) is 17.2 Å². The molecule has 2 N–H and O–H groups in total. The van der Waals surface area contributed by atoms with E-state index in [9.17, 15) is 9.00 Å². The first-order chi connectivity index (χ1) is 10.1. The second kappa shape index (κ2) is 7.89. The minimum Gasteiger partial charge on any atom is -0.335 e. The maximum absolute atomic E-state index is 12.0. The van der Waals surface area contributed by atoms with Crippen molar-refractivity contribution in [2.24, 2.45) is 0 Å². The molecule has 7 heteroatoms. The van der Waals surface area contributed by atoms with E-state index in [1.165, 1.54) is 11.3 Å². The van der Waals surface area contributed by atoms with Gasteiger partial charge in [0.2, 0.25) is 0 Å². The average Bonchev–Trinajstić information content (AvgIpc) is 2.94. The summed E-state index contributed by atoms with van der Waals surface area (Å²) in [4.78, 5) is 16.3. The highest BCUT2D eigenvalue weighted by Gasteiger charge is 2.26. The van der Waals surface area contributed by atoms with Gasteiger partial charge in [0, 0.05) is 33.2 Å². The molecular weight excluding hydrogens is 306 g/mol. The summed E-state index contributed by atoms with van der Waals surface area (Å²) in [5, 5.41) is 8.58. The maximum Gasteiger partial charge on any atom is 0.321 e. The lowest BCUT2D eigenvalue weighted by molar-refractivity contribution is 0.244. The van der Waals surface area contributed by atoms with Gasteiger partial charge in [-0.3, -0.25) is 9.53 Å². The van der Waals surface area contributed by atoms with Crippen LogP contribution >= 0.6 is 11.3 Å². The summed E-state index contributed by atoms with van der Waals surface area (Å²) in [6.45, 7) is 3.99. The van der Waals surface area contributed by atoms with Gasteiger partial charge in [-0.25, -0.2) is 9.78 Å². The van der Waals surface area contributed by atoms with Crippen molar-refractivity contribution in [1.29, 1.82) is 0 Å². The van der Waals surface area contributed by atoms with Crippen LogP contribution in [0.5, 0.6) is 0 Å². The van der Waals surface area contributed by atoms with Gasteiger partial charge in [-0.1, -0.05) is 20.3 Å². The Morgan fingerprint density at radius 3 is 2.95 bits per heavy atom. The van der Waals surface area contributed by atoms with Crippen LogP contribution in [0.15, 0.2) is 5.38 Å². The Morgan fingerprint density at radius 1 is 1.48 bits per heavy atom. The maximum atomic E-state index is 12.0. The molecule has 0 bridgehead atoms. The highest BCUT2D eigenvalue weighted by Crippen LogP contribution is 2.23. The molecule has 1 aliphatic rings. The first-order valence-corrected chi connectivity index (χ1v) is 9.77. The fraction of sp³-hybridized carbons (Fsp3) is 0.714. The molecule has 1 aromatic rings. The SMILES string of the molecule is CCc1csc(NC(=O)NC2CCCC(S(=O)CC)C2)n1. The fourth-order valence-electron chi connectivity index (χ4n) is 2.60. The van der Waals surface area contributed by atoms with Crippen molar-refractivity contribution >= 4 is 33.3 Å². The molecule has 1 aromatic heterocycles. The Kier molecular flexibility index (Phi) is 6.17. The van der Waals surface area contributed by atoms with Gasteiger partial charge in [-0.05, 0) is 25.7 Å². The number of rotatable bonds is 5. The number of thiazole rings is 1. The number of anilines is 1. The van der Waals surface area contributed by atoms with E-state index in [-0.39, 0.29) is 17.3 Å². The van der Waals surface area contributed by atoms with E-state index in [0.29, 0.717) is 10.9 Å². The third-order valence-electron chi connectivity index (χ3n) is 3.75. The van der Waals surface area contributed by atoms with Gasteiger partial charge >= 0.3 is 6.03 Å². The molecule has 2 amide bonds. The number of hydrogen-bond donors (Lipinski definition) is 2. The number of aromatic nitrogens is 1. The summed E-state index contributed by atoms with van der Waals surface area (Å²) in [5.41, 5.74) is 0.992. The Balaban J connectivity index is 1.83. The Morgan fingerprint density at radius 2 is 2.29 bits per heavy atom. The Labute approximate surface area is 132 Å². The lowest BCUT2D eigenvalue weighted by atomic mass is 9.95. The number of carbonyl (C=O) groups excluding carboxylic acids is 1. The van der Waals surface area contributed by atoms with Crippen LogP contribution < -0.4 is 10.6 Å². The highest BCUT2D eigenvalue weighted by atomic mass is 32.2. The van der Waals surface area contributed by atoms with Crippen LogP contribution in [0, 0.1) is 0 Å². The van der Waals surface area contributed by atoms with Crippen LogP contribution in [0.1, 0.15) is 45.2 Å². The third kappa shape index (κ3) is 4.78. The normalized spacial score (nSPS) is 23.5. The van der Waals surface area contributed by atoms with E-state index >= 15 is 0 Å². The molecule has 118 valence electrons. The van der Waals surface area contributed by atoms with Crippen molar-refractivity contribution in [3.05, 3.63) is 11.1 Å². The van der Waals surface area contributed by atoms with Gasteiger partial charge in [0.25, 0.3) is 0 Å². The van der Waals surface area contributed by atoms with Crippen molar-refractivity contribution in [1.82, 2.24) is 10.3 Å². The van der Waals surface area contributed by atoms with Crippen LogP contribution in [-0.4, -0.2) is 32.3 Å². The molecule has 0 aromatic carbocycles. The molecule has 3 unspecified atom stereocenters. The molecule has 1 heterocycles.